The van der Waals surface area contributed by atoms with Gasteiger partial charge in [-0.1, -0.05) is 0 Å². The highest BCUT2D eigenvalue weighted by Gasteiger charge is 2.29. The maximum Gasteiger partial charge on any atom is 0.249 e. The van der Waals surface area contributed by atoms with Crippen molar-refractivity contribution in [2.45, 2.75) is 37.6 Å². The number of piperidine rings is 1. The molecule has 0 bridgehead atoms. The zero-order chi connectivity index (χ0) is 14.1. The molecule has 3 rings (SSSR count). The standard InChI is InChI=1S/C12H16N6O2/c13-18-9-5-8(15-11(16-9)6-1-2-6)14-7-3-4-10(19)17-12(7)20/h5-7H,1-4,13H2,(H,17,19,20)(H2,14,15,16,18). The van der Waals surface area contributed by atoms with Gasteiger partial charge in [0.05, 0.1) is 0 Å². The molecule has 2 heterocycles. The fraction of sp³-hybridized carbons (Fsp3) is 0.500. The molecule has 20 heavy (non-hydrogen) atoms. The largest absolute Gasteiger partial charge is 0.358 e. The molecule has 1 aromatic rings. The topological polar surface area (TPSA) is 122 Å². The first kappa shape index (κ1) is 12.8. The number of amides is 2. The van der Waals surface area contributed by atoms with Crippen LogP contribution in [0.15, 0.2) is 6.07 Å². The predicted molar refractivity (Wildman–Crippen MR) is 71.6 cm³/mol. The van der Waals surface area contributed by atoms with Crippen LogP contribution in [-0.4, -0.2) is 27.8 Å². The van der Waals surface area contributed by atoms with Gasteiger partial charge in [0, 0.05) is 18.4 Å². The van der Waals surface area contributed by atoms with Crippen LogP contribution < -0.4 is 21.9 Å². The number of hydrogen-bond acceptors (Lipinski definition) is 7. The van der Waals surface area contributed by atoms with Gasteiger partial charge in [-0.3, -0.25) is 14.9 Å². The van der Waals surface area contributed by atoms with E-state index in [1.807, 2.05) is 0 Å². The van der Waals surface area contributed by atoms with Gasteiger partial charge in [0.25, 0.3) is 0 Å². The molecular weight excluding hydrogens is 260 g/mol. The van der Waals surface area contributed by atoms with Crippen molar-refractivity contribution < 1.29 is 9.59 Å². The van der Waals surface area contributed by atoms with Gasteiger partial charge >= 0.3 is 0 Å². The highest BCUT2D eigenvalue weighted by atomic mass is 16.2. The summed E-state index contributed by atoms with van der Waals surface area (Å²) in [4.78, 5) is 31.5. The third-order valence-corrected chi connectivity index (χ3v) is 3.40. The Labute approximate surface area is 115 Å². The maximum absolute atomic E-state index is 11.7. The summed E-state index contributed by atoms with van der Waals surface area (Å²) in [6.45, 7) is 0. The Kier molecular flexibility index (Phi) is 3.23. The van der Waals surface area contributed by atoms with Crippen LogP contribution in [0.4, 0.5) is 11.6 Å². The Morgan fingerprint density at radius 2 is 1.95 bits per heavy atom. The third-order valence-electron chi connectivity index (χ3n) is 3.40. The van der Waals surface area contributed by atoms with E-state index in [4.69, 9.17) is 5.84 Å². The molecule has 8 heteroatoms. The number of nitrogen functional groups attached to an aromatic ring is 1. The quantitative estimate of drug-likeness (QED) is 0.343. The lowest BCUT2D eigenvalue weighted by Crippen LogP contribution is -2.47. The van der Waals surface area contributed by atoms with Crippen LogP contribution >= 0.6 is 0 Å². The molecule has 1 saturated carbocycles. The molecule has 1 aromatic heterocycles. The minimum atomic E-state index is -0.458. The maximum atomic E-state index is 11.7. The van der Waals surface area contributed by atoms with Gasteiger partial charge < -0.3 is 10.7 Å². The van der Waals surface area contributed by atoms with Gasteiger partial charge in [-0.2, -0.15) is 0 Å². The summed E-state index contributed by atoms with van der Waals surface area (Å²) < 4.78 is 0. The second-order valence-electron chi connectivity index (χ2n) is 5.06. The van der Waals surface area contributed by atoms with Gasteiger partial charge in [0.1, 0.15) is 23.5 Å². The zero-order valence-electron chi connectivity index (χ0n) is 10.8. The smallest absolute Gasteiger partial charge is 0.249 e. The summed E-state index contributed by atoms with van der Waals surface area (Å²) in [5, 5.41) is 5.34. The highest BCUT2D eigenvalue weighted by molar-refractivity contribution is 6.01. The van der Waals surface area contributed by atoms with Crippen LogP contribution in [0.2, 0.25) is 0 Å². The Hall–Kier alpha value is -2.22. The highest BCUT2D eigenvalue weighted by Crippen LogP contribution is 2.38. The van der Waals surface area contributed by atoms with E-state index in [1.54, 1.807) is 6.07 Å². The normalized spacial score (nSPS) is 22.4. The molecule has 106 valence electrons. The van der Waals surface area contributed by atoms with Crippen LogP contribution in [-0.2, 0) is 9.59 Å². The van der Waals surface area contributed by atoms with Crippen molar-refractivity contribution in [1.29, 1.82) is 0 Å². The minimum absolute atomic E-state index is 0.237. The van der Waals surface area contributed by atoms with Crippen molar-refractivity contribution in [2.24, 2.45) is 5.84 Å². The van der Waals surface area contributed by atoms with Crippen molar-refractivity contribution in [3.63, 3.8) is 0 Å². The van der Waals surface area contributed by atoms with Crippen LogP contribution in [0.3, 0.4) is 0 Å². The molecule has 1 saturated heterocycles. The first-order valence-electron chi connectivity index (χ1n) is 6.61. The number of nitrogens with one attached hydrogen (secondary N) is 3. The van der Waals surface area contributed by atoms with Gasteiger partial charge in [0.15, 0.2) is 0 Å². The number of hydrogen-bond donors (Lipinski definition) is 4. The van der Waals surface area contributed by atoms with Crippen molar-refractivity contribution in [3.05, 3.63) is 11.9 Å². The summed E-state index contributed by atoms with van der Waals surface area (Å²) in [5.41, 5.74) is 2.50. The van der Waals surface area contributed by atoms with E-state index in [1.165, 1.54) is 0 Å². The molecule has 0 spiro atoms. The number of nitrogens with zero attached hydrogens (tertiary/aromatic N) is 2. The second kappa shape index (κ2) is 5.04. The number of imide groups is 1. The number of rotatable bonds is 4. The van der Waals surface area contributed by atoms with Crippen LogP contribution in [0.1, 0.15) is 37.4 Å². The lowest BCUT2D eigenvalue weighted by atomic mass is 10.1. The molecule has 1 unspecified atom stereocenters. The summed E-state index contributed by atoms with van der Waals surface area (Å²) in [5.74, 6) is 7.00. The number of carbonyl (C=O) groups is 2. The Morgan fingerprint density at radius 1 is 1.20 bits per heavy atom. The zero-order valence-corrected chi connectivity index (χ0v) is 10.8. The van der Waals surface area contributed by atoms with Crippen molar-refractivity contribution >= 4 is 23.5 Å². The summed E-state index contributed by atoms with van der Waals surface area (Å²) in [6, 6.07) is 1.19. The van der Waals surface area contributed by atoms with E-state index in [-0.39, 0.29) is 11.8 Å². The fourth-order valence-corrected chi connectivity index (χ4v) is 2.15. The summed E-state index contributed by atoms with van der Waals surface area (Å²) in [6.07, 6.45) is 2.93. The number of hydrazine groups is 1. The molecule has 8 nitrogen and oxygen atoms in total. The van der Waals surface area contributed by atoms with Crippen molar-refractivity contribution in [3.8, 4) is 0 Å². The Bertz CT molecular complexity index is 557. The molecular formula is C12H16N6O2. The number of nitrogens with two attached hydrogens (primary N) is 1. The van der Waals surface area contributed by atoms with Gasteiger partial charge in [-0.05, 0) is 19.3 Å². The van der Waals surface area contributed by atoms with E-state index in [2.05, 4.69) is 26.0 Å². The lowest BCUT2D eigenvalue weighted by molar-refractivity contribution is -0.133. The van der Waals surface area contributed by atoms with E-state index >= 15 is 0 Å². The van der Waals surface area contributed by atoms with Crippen LogP contribution in [0.25, 0.3) is 0 Å². The molecule has 2 aliphatic rings. The van der Waals surface area contributed by atoms with Crippen LogP contribution in [0.5, 0.6) is 0 Å². The third kappa shape index (κ3) is 2.69. The second-order valence-corrected chi connectivity index (χ2v) is 5.06. The van der Waals surface area contributed by atoms with Gasteiger partial charge in [0.2, 0.25) is 11.8 Å². The van der Waals surface area contributed by atoms with E-state index in [0.717, 1.165) is 18.7 Å². The lowest BCUT2D eigenvalue weighted by Gasteiger charge is -2.22. The molecule has 1 aliphatic carbocycles. The Balaban J connectivity index is 1.77. The Morgan fingerprint density at radius 3 is 2.60 bits per heavy atom. The SMILES string of the molecule is NNc1cc(NC2CCC(=O)NC2=O)nc(C2CC2)n1. The predicted octanol–water partition coefficient (Wildman–Crippen LogP) is -0.143. The van der Waals surface area contributed by atoms with Crippen LogP contribution in [0, 0.1) is 0 Å². The van der Waals surface area contributed by atoms with Gasteiger partial charge in [-0.25, -0.2) is 15.8 Å². The first-order valence-corrected chi connectivity index (χ1v) is 6.61. The average Bonchev–Trinajstić information content (AvgIpc) is 3.26. The molecule has 2 amide bonds. The molecule has 2 fully saturated rings. The molecule has 0 radical (unpaired) electrons. The van der Waals surface area contributed by atoms with E-state index in [0.29, 0.717) is 30.4 Å². The van der Waals surface area contributed by atoms with Crippen molar-refractivity contribution in [2.75, 3.05) is 10.7 Å². The van der Waals surface area contributed by atoms with Crippen molar-refractivity contribution in [1.82, 2.24) is 15.3 Å². The monoisotopic (exact) mass is 276 g/mol. The minimum Gasteiger partial charge on any atom is -0.358 e. The van der Waals surface area contributed by atoms with Gasteiger partial charge in [-0.15, -0.1) is 0 Å². The van der Waals surface area contributed by atoms with E-state index < -0.39 is 6.04 Å². The average molecular weight is 276 g/mol. The number of carbonyl (C=O) groups excluding carboxylic acids is 2. The summed E-state index contributed by atoms with van der Waals surface area (Å²) >= 11 is 0. The first-order chi connectivity index (χ1) is 9.65. The molecule has 5 N–H and O–H groups in total. The fourth-order valence-electron chi connectivity index (χ4n) is 2.15. The molecule has 1 atom stereocenters. The van der Waals surface area contributed by atoms with E-state index in [9.17, 15) is 9.59 Å². The number of anilines is 2. The molecule has 0 aromatic carbocycles. The summed E-state index contributed by atoms with van der Waals surface area (Å²) in [7, 11) is 0. The molecule has 1 aliphatic heterocycles. The number of aromatic nitrogens is 2.